The van der Waals surface area contributed by atoms with Crippen LogP contribution in [0.5, 0.6) is 0 Å². The first-order valence-electron chi connectivity index (χ1n) is 7.82. The van der Waals surface area contributed by atoms with Gasteiger partial charge >= 0.3 is 5.97 Å². The number of benzene rings is 1. The number of anilines is 1. The molecule has 0 atom stereocenters. The molecule has 2 aromatic rings. The Kier molecular flexibility index (Phi) is 4.41. The monoisotopic (exact) mass is 313 g/mol. The molecule has 23 heavy (non-hydrogen) atoms. The highest BCUT2D eigenvalue weighted by Crippen LogP contribution is 2.23. The molecule has 1 aromatic carbocycles. The van der Waals surface area contributed by atoms with Crippen LogP contribution in [0.3, 0.4) is 0 Å². The third-order valence-electron chi connectivity index (χ3n) is 3.83. The Balaban J connectivity index is 2.12. The molecule has 1 aliphatic rings. The van der Waals surface area contributed by atoms with Crippen molar-refractivity contribution in [3.05, 3.63) is 52.4 Å². The van der Waals surface area contributed by atoms with E-state index in [2.05, 4.69) is 5.10 Å². The Morgan fingerprint density at radius 1 is 1.22 bits per heavy atom. The number of carbonyl (C=O) groups excluding carboxylic acids is 1. The average molecular weight is 313 g/mol. The van der Waals surface area contributed by atoms with Gasteiger partial charge in [0.2, 0.25) is 0 Å². The van der Waals surface area contributed by atoms with Crippen LogP contribution in [0.15, 0.2) is 41.2 Å². The van der Waals surface area contributed by atoms with Gasteiger partial charge in [-0.25, -0.2) is 4.79 Å². The molecule has 0 radical (unpaired) electrons. The molecule has 6 nitrogen and oxygen atoms in total. The van der Waals surface area contributed by atoms with E-state index >= 15 is 0 Å². The third kappa shape index (κ3) is 3.11. The molecule has 6 heteroatoms. The van der Waals surface area contributed by atoms with Crippen molar-refractivity contribution < 1.29 is 9.53 Å². The Bertz CT molecular complexity index is 749. The summed E-state index contributed by atoms with van der Waals surface area (Å²) in [6.07, 6.45) is 2.09. The van der Waals surface area contributed by atoms with Crippen LogP contribution < -0.4 is 10.5 Å². The molecule has 3 rings (SSSR count). The zero-order valence-electron chi connectivity index (χ0n) is 13.1. The van der Waals surface area contributed by atoms with E-state index in [9.17, 15) is 9.59 Å². The van der Waals surface area contributed by atoms with Gasteiger partial charge in [0.05, 0.1) is 18.0 Å². The molecule has 0 aliphatic carbocycles. The summed E-state index contributed by atoms with van der Waals surface area (Å²) in [7, 11) is 0. The number of hydrogen-bond donors (Lipinski definition) is 0. The fourth-order valence-electron chi connectivity index (χ4n) is 2.75. The lowest BCUT2D eigenvalue weighted by Gasteiger charge is -2.20. The maximum Gasteiger partial charge on any atom is 0.360 e. The Hall–Kier alpha value is -2.63. The Labute approximate surface area is 134 Å². The second-order valence-corrected chi connectivity index (χ2v) is 5.38. The van der Waals surface area contributed by atoms with Crippen LogP contribution in [0.1, 0.15) is 30.3 Å². The third-order valence-corrected chi connectivity index (χ3v) is 3.83. The summed E-state index contributed by atoms with van der Waals surface area (Å²) >= 11 is 0. The lowest BCUT2D eigenvalue weighted by atomic mass is 10.2. The molecule has 1 saturated heterocycles. The average Bonchev–Trinajstić information content (AvgIpc) is 3.10. The van der Waals surface area contributed by atoms with Crippen LogP contribution in [0.25, 0.3) is 5.69 Å². The number of carbonyl (C=O) groups is 1. The molecular weight excluding hydrogens is 294 g/mol. The fourth-order valence-corrected chi connectivity index (χ4v) is 2.75. The number of aromatic nitrogens is 2. The lowest BCUT2D eigenvalue weighted by Crippen LogP contribution is -2.29. The van der Waals surface area contributed by atoms with Gasteiger partial charge in [-0.05, 0) is 31.9 Å². The van der Waals surface area contributed by atoms with E-state index in [-0.39, 0.29) is 17.9 Å². The first-order chi connectivity index (χ1) is 11.2. The molecule has 0 saturated carbocycles. The van der Waals surface area contributed by atoms with Crippen molar-refractivity contribution in [2.75, 3.05) is 24.6 Å². The molecule has 120 valence electrons. The molecule has 0 N–H and O–H groups in total. The predicted octanol–water partition coefficient (Wildman–Crippen LogP) is 2.01. The summed E-state index contributed by atoms with van der Waals surface area (Å²) in [4.78, 5) is 26.8. The number of hydrogen-bond acceptors (Lipinski definition) is 5. The van der Waals surface area contributed by atoms with Gasteiger partial charge in [-0.3, -0.25) is 4.79 Å². The van der Waals surface area contributed by atoms with Crippen molar-refractivity contribution in [2.45, 2.75) is 19.8 Å². The summed E-state index contributed by atoms with van der Waals surface area (Å²) in [5.74, 6) is -0.501. The molecule has 0 bridgehead atoms. The molecule has 1 aromatic heterocycles. The first kappa shape index (κ1) is 15.3. The van der Waals surface area contributed by atoms with Crippen molar-refractivity contribution >= 4 is 11.7 Å². The van der Waals surface area contributed by atoms with Gasteiger partial charge in [0.1, 0.15) is 0 Å². The molecule has 1 aliphatic heterocycles. The van der Waals surface area contributed by atoms with Crippen LogP contribution in [-0.4, -0.2) is 35.4 Å². The molecule has 0 spiro atoms. The number of nitrogens with zero attached hydrogens (tertiary/aromatic N) is 3. The highest BCUT2D eigenvalue weighted by atomic mass is 16.5. The molecule has 1 fully saturated rings. The van der Waals surface area contributed by atoms with Crippen LogP contribution in [0.2, 0.25) is 0 Å². The van der Waals surface area contributed by atoms with Crippen molar-refractivity contribution in [2.24, 2.45) is 0 Å². The second kappa shape index (κ2) is 6.64. The SMILES string of the molecule is CCOC(=O)c1nn(-c2ccccc2)c(=O)cc1N1CCCC1. The zero-order valence-corrected chi connectivity index (χ0v) is 13.1. The van der Waals surface area contributed by atoms with Gasteiger partial charge in [-0.15, -0.1) is 0 Å². The van der Waals surface area contributed by atoms with Crippen molar-refractivity contribution in [3.8, 4) is 5.69 Å². The molecular formula is C17H19N3O3. The summed E-state index contributed by atoms with van der Waals surface area (Å²) in [6.45, 7) is 3.66. The minimum Gasteiger partial charge on any atom is -0.461 e. The number of esters is 1. The molecule has 2 heterocycles. The summed E-state index contributed by atoms with van der Waals surface area (Å²) < 4.78 is 6.36. The largest absolute Gasteiger partial charge is 0.461 e. The normalized spacial score (nSPS) is 14.0. The quantitative estimate of drug-likeness (QED) is 0.808. The summed E-state index contributed by atoms with van der Waals surface area (Å²) in [5, 5.41) is 4.29. The Morgan fingerprint density at radius 2 is 1.91 bits per heavy atom. The highest BCUT2D eigenvalue weighted by molar-refractivity contribution is 5.93. The fraction of sp³-hybridized carbons (Fsp3) is 0.353. The van der Waals surface area contributed by atoms with E-state index in [0.717, 1.165) is 25.9 Å². The Morgan fingerprint density at radius 3 is 2.57 bits per heavy atom. The zero-order chi connectivity index (χ0) is 16.2. The van der Waals surface area contributed by atoms with E-state index < -0.39 is 5.97 Å². The highest BCUT2D eigenvalue weighted by Gasteiger charge is 2.24. The summed E-state index contributed by atoms with van der Waals surface area (Å²) in [6, 6.07) is 10.5. The van der Waals surface area contributed by atoms with Crippen LogP contribution in [-0.2, 0) is 4.74 Å². The van der Waals surface area contributed by atoms with Gasteiger partial charge < -0.3 is 9.64 Å². The van der Waals surface area contributed by atoms with Gasteiger partial charge in [-0.1, -0.05) is 18.2 Å². The van der Waals surface area contributed by atoms with Gasteiger partial charge in [0, 0.05) is 19.2 Å². The standard InChI is InChI=1S/C17H19N3O3/c1-2-23-17(22)16-14(19-10-6-7-11-19)12-15(21)20(18-16)13-8-4-3-5-9-13/h3-5,8-9,12H,2,6-7,10-11H2,1H3. The van der Waals surface area contributed by atoms with Gasteiger partial charge in [0.15, 0.2) is 5.69 Å². The lowest BCUT2D eigenvalue weighted by molar-refractivity contribution is 0.0518. The minimum atomic E-state index is -0.501. The van der Waals surface area contributed by atoms with Crippen LogP contribution in [0.4, 0.5) is 5.69 Å². The maximum atomic E-state index is 12.5. The van der Waals surface area contributed by atoms with Crippen molar-refractivity contribution in [1.82, 2.24) is 9.78 Å². The first-order valence-corrected chi connectivity index (χ1v) is 7.82. The van der Waals surface area contributed by atoms with E-state index in [0.29, 0.717) is 11.4 Å². The number of rotatable bonds is 4. The summed E-state index contributed by atoms with van der Waals surface area (Å²) in [5.41, 5.74) is 1.12. The van der Waals surface area contributed by atoms with E-state index in [1.807, 2.05) is 23.1 Å². The van der Waals surface area contributed by atoms with Crippen molar-refractivity contribution in [1.29, 1.82) is 0 Å². The molecule has 0 amide bonds. The van der Waals surface area contributed by atoms with Crippen LogP contribution >= 0.6 is 0 Å². The van der Waals surface area contributed by atoms with Crippen LogP contribution in [0, 0.1) is 0 Å². The minimum absolute atomic E-state index is 0.192. The maximum absolute atomic E-state index is 12.5. The van der Waals surface area contributed by atoms with Gasteiger partial charge in [0.25, 0.3) is 5.56 Å². The van der Waals surface area contributed by atoms with E-state index in [1.165, 1.54) is 10.7 Å². The smallest absolute Gasteiger partial charge is 0.360 e. The molecule has 0 unspecified atom stereocenters. The number of ether oxygens (including phenoxy) is 1. The second-order valence-electron chi connectivity index (χ2n) is 5.38. The predicted molar refractivity (Wildman–Crippen MR) is 87.2 cm³/mol. The van der Waals surface area contributed by atoms with E-state index in [4.69, 9.17) is 4.74 Å². The number of para-hydroxylation sites is 1. The van der Waals surface area contributed by atoms with E-state index in [1.54, 1.807) is 19.1 Å². The topological polar surface area (TPSA) is 64.4 Å². The van der Waals surface area contributed by atoms with Crippen molar-refractivity contribution in [3.63, 3.8) is 0 Å². The van der Waals surface area contributed by atoms with Gasteiger partial charge in [-0.2, -0.15) is 9.78 Å².